The first-order valence-electron chi connectivity index (χ1n) is 9.99. The number of hydrogen-bond acceptors (Lipinski definition) is 3. The molecule has 3 rings (SSSR count). The van der Waals surface area contributed by atoms with E-state index in [1.807, 2.05) is 48.8 Å². The molecule has 0 fully saturated rings. The molecule has 0 saturated carbocycles. The first-order valence-corrected chi connectivity index (χ1v) is 11.1. The quantitative estimate of drug-likeness (QED) is 0.517. The molecule has 29 heavy (non-hydrogen) atoms. The van der Waals surface area contributed by atoms with Gasteiger partial charge in [-0.1, -0.05) is 65.0 Å². The summed E-state index contributed by atoms with van der Waals surface area (Å²) < 4.78 is 26.3. The third-order valence-corrected chi connectivity index (χ3v) is 5.62. The Bertz CT molecular complexity index is 1000. The lowest BCUT2D eigenvalue weighted by molar-refractivity contribution is 0.509. The lowest BCUT2D eigenvalue weighted by Crippen LogP contribution is -2.20. The van der Waals surface area contributed by atoms with Gasteiger partial charge in [-0.2, -0.15) is 0 Å². The van der Waals surface area contributed by atoms with Crippen molar-refractivity contribution in [1.82, 2.24) is 9.55 Å². The molecule has 0 amide bonds. The zero-order chi connectivity index (χ0) is 21.2. The molecule has 3 aromatic rings. The molecule has 1 unspecified atom stereocenters. The first kappa shape index (κ1) is 21.5. The number of imidazole rings is 1. The van der Waals surface area contributed by atoms with Crippen molar-refractivity contribution < 1.29 is 8.76 Å². The molecule has 0 spiro atoms. The maximum absolute atomic E-state index is 12.1. The highest BCUT2D eigenvalue weighted by molar-refractivity contribution is 7.79. The van der Waals surface area contributed by atoms with E-state index in [0.717, 1.165) is 28.9 Å². The summed E-state index contributed by atoms with van der Waals surface area (Å²) in [5.74, 6) is 1.45. The number of aromatic nitrogens is 2. The highest BCUT2D eigenvalue weighted by atomic mass is 32.2. The van der Waals surface area contributed by atoms with Crippen LogP contribution in [0.5, 0.6) is 0 Å². The van der Waals surface area contributed by atoms with E-state index in [2.05, 4.69) is 50.2 Å². The largest absolute Gasteiger partial charge is 0.768 e. The molecule has 0 aliphatic rings. The SMILES string of the molecule is CC(C)Cc1cc(-c2ccccc2)c(S(=O)[O-])cc1Cn1ccnc1C(C)(C)C. The fourth-order valence-electron chi connectivity index (χ4n) is 3.69. The van der Waals surface area contributed by atoms with Gasteiger partial charge in [-0.25, -0.2) is 4.98 Å². The van der Waals surface area contributed by atoms with Crippen LogP contribution in [0.1, 0.15) is 51.6 Å². The van der Waals surface area contributed by atoms with Gasteiger partial charge < -0.3 is 9.12 Å². The van der Waals surface area contributed by atoms with Crippen molar-refractivity contribution in [2.75, 3.05) is 0 Å². The summed E-state index contributed by atoms with van der Waals surface area (Å²) >= 11 is -2.32. The number of rotatable bonds is 6. The predicted octanol–water partition coefficient (Wildman–Crippen LogP) is 5.33. The van der Waals surface area contributed by atoms with E-state index in [9.17, 15) is 8.76 Å². The van der Waals surface area contributed by atoms with Gasteiger partial charge in [-0.05, 0) is 57.8 Å². The van der Waals surface area contributed by atoms with Crippen LogP contribution in [-0.2, 0) is 29.5 Å². The van der Waals surface area contributed by atoms with E-state index in [0.29, 0.717) is 17.4 Å². The Labute approximate surface area is 176 Å². The summed E-state index contributed by atoms with van der Waals surface area (Å²) in [7, 11) is 0. The Morgan fingerprint density at radius 3 is 2.38 bits per heavy atom. The van der Waals surface area contributed by atoms with Crippen molar-refractivity contribution in [2.24, 2.45) is 5.92 Å². The van der Waals surface area contributed by atoms with Crippen LogP contribution in [0.2, 0.25) is 0 Å². The fraction of sp³-hybridized carbons (Fsp3) is 0.375. The fourth-order valence-corrected chi connectivity index (χ4v) is 4.28. The lowest BCUT2D eigenvalue weighted by Gasteiger charge is -2.23. The minimum Gasteiger partial charge on any atom is -0.768 e. The van der Waals surface area contributed by atoms with Crippen molar-refractivity contribution in [1.29, 1.82) is 0 Å². The summed E-state index contributed by atoms with van der Waals surface area (Å²) in [6.45, 7) is 11.4. The molecular weight excluding hydrogens is 380 g/mol. The minimum absolute atomic E-state index is 0.0874. The average Bonchev–Trinajstić information content (AvgIpc) is 3.11. The third kappa shape index (κ3) is 5.03. The van der Waals surface area contributed by atoms with Gasteiger partial charge in [0.1, 0.15) is 5.82 Å². The van der Waals surface area contributed by atoms with Crippen molar-refractivity contribution in [3.63, 3.8) is 0 Å². The first-order chi connectivity index (χ1) is 13.7. The van der Waals surface area contributed by atoms with Gasteiger partial charge >= 0.3 is 0 Å². The third-order valence-electron chi connectivity index (χ3n) is 4.92. The number of benzene rings is 2. The molecule has 4 nitrogen and oxygen atoms in total. The summed E-state index contributed by atoms with van der Waals surface area (Å²) in [4.78, 5) is 4.88. The maximum atomic E-state index is 12.1. The van der Waals surface area contributed by atoms with Gasteiger partial charge in [0.25, 0.3) is 0 Å². The van der Waals surface area contributed by atoms with Crippen LogP contribution in [0.25, 0.3) is 11.1 Å². The second-order valence-electron chi connectivity index (χ2n) is 8.94. The molecule has 2 aromatic carbocycles. The summed E-state index contributed by atoms with van der Waals surface area (Å²) in [6, 6.07) is 13.6. The molecule has 0 N–H and O–H groups in total. The van der Waals surface area contributed by atoms with E-state index < -0.39 is 11.1 Å². The van der Waals surface area contributed by atoms with Gasteiger partial charge in [0.2, 0.25) is 0 Å². The molecule has 0 radical (unpaired) electrons. The van der Waals surface area contributed by atoms with E-state index in [-0.39, 0.29) is 5.41 Å². The van der Waals surface area contributed by atoms with E-state index in [1.165, 1.54) is 5.56 Å². The molecule has 154 valence electrons. The lowest BCUT2D eigenvalue weighted by atomic mass is 9.92. The van der Waals surface area contributed by atoms with Gasteiger partial charge in [0.05, 0.1) is 0 Å². The van der Waals surface area contributed by atoms with Crippen LogP contribution in [0.15, 0.2) is 59.8 Å². The van der Waals surface area contributed by atoms with Crippen molar-refractivity contribution in [3.8, 4) is 11.1 Å². The van der Waals surface area contributed by atoms with Crippen LogP contribution >= 0.6 is 0 Å². The molecule has 0 saturated heterocycles. The maximum Gasteiger partial charge on any atom is 0.114 e. The zero-order valence-corrected chi connectivity index (χ0v) is 18.6. The molecular formula is C24H29N2O2S-. The smallest absolute Gasteiger partial charge is 0.114 e. The zero-order valence-electron chi connectivity index (χ0n) is 17.8. The Morgan fingerprint density at radius 2 is 1.79 bits per heavy atom. The van der Waals surface area contributed by atoms with E-state index in [1.54, 1.807) is 0 Å². The Kier molecular flexibility index (Phi) is 6.39. The average molecular weight is 410 g/mol. The number of hydrogen-bond donors (Lipinski definition) is 0. The molecule has 0 aliphatic heterocycles. The van der Waals surface area contributed by atoms with E-state index in [4.69, 9.17) is 0 Å². The van der Waals surface area contributed by atoms with Gasteiger partial charge in [0, 0.05) is 29.2 Å². The summed E-state index contributed by atoms with van der Waals surface area (Å²) in [5, 5.41) is 0. The predicted molar refractivity (Wildman–Crippen MR) is 118 cm³/mol. The monoisotopic (exact) mass is 409 g/mol. The van der Waals surface area contributed by atoms with Crippen molar-refractivity contribution in [2.45, 2.75) is 57.9 Å². The Morgan fingerprint density at radius 1 is 1.10 bits per heavy atom. The molecule has 1 aromatic heterocycles. The highest BCUT2D eigenvalue weighted by Gasteiger charge is 2.21. The Hall–Kier alpha value is -2.24. The summed E-state index contributed by atoms with van der Waals surface area (Å²) in [5.41, 5.74) is 3.81. The molecule has 1 atom stereocenters. The van der Waals surface area contributed by atoms with Gasteiger partial charge in [-0.15, -0.1) is 0 Å². The molecule has 0 bridgehead atoms. The van der Waals surface area contributed by atoms with Crippen LogP contribution in [0, 0.1) is 5.92 Å². The van der Waals surface area contributed by atoms with Gasteiger partial charge in [0.15, 0.2) is 0 Å². The molecule has 1 heterocycles. The standard InChI is InChI=1S/C24H30N2O2S/c1-17(2)13-19-14-21(18-9-7-6-8-10-18)22(29(27)28)15-20(19)16-26-12-11-25-23(26)24(3,4)5/h6-12,14-15,17H,13,16H2,1-5H3,(H,27,28)/p-1. The van der Waals surface area contributed by atoms with Crippen molar-refractivity contribution >= 4 is 11.1 Å². The van der Waals surface area contributed by atoms with Crippen LogP contribution < -0.4 is 0 Å². The van der Waals surface area contributed by atoms with Gasteiger partial charge in [-0.3, -0.25) is 4.21 Å². The van der Waals surface area contributed by atoms with Crippen molar-refractivity contribution in [3.05, 3.63) is 71.8 Å². The second kappa shape index (κ2) is 8.64. The normalized spacial score (nSPS) is 13.1. The number of nitrogens with zero attached hydrogens (tertiary/aromatic N) is 2. The Balaban J connectivity index is 2.15. The topological polar surface area (TPSA) is 57.9 Å². The van der Waals surface area contributed by atoms with Crippen LogP contribution in [-0.4, -0.2) is 18.3 Å². The van der Waals surface area contributed by atoms with E-state index >= 15 is 0 Å². The van der Waals surface area contributed by atoms with Crippen LogP contribution in [0.4, 0.5) is 0 Å². The minimum atomic E-state index is -2.32. The second-order valence-corrected chi connectivity index (χ2v) is 9.85. The molecule has 5 heteroatoms. The van der Waals surface area contributed by atoms with Crippen LogP contribution in [0.3, 0.4) is 0 Å². The highest BCUT2D eigenvalue weighted by Crippen LogP contribution is 2.31. The summed E-state index contributed by atoms with van der Waals surface area (Å²) in [6.07, 6.45) is 4.67. The molecule has 0 aliphatic carbocycles.